The fourth-order valence-electron chi connectivity index (χ4n) is 4.04. The van der Waals surface area contributed by atoms with E-state index in [1.165, 1.54) is 0 Å². The summed E-state index contributed by atoms with van der Waals surface area (Å²) in [5.41, 5.74) is 1.61. The predicted molar refractivity (Wildman–Crippen MR) is 128 cm³/mol. The van der Waals surface area contributed by atoms with E-state index in [1.54, 1.807) is 67.6 Å². The molecule has 0 radical (unpaired) electrons. The van der Waals surface area contributed by atoms with Crippen LogP contribution >= 0.6 is 0 Å². The van der Waals surface area contributed by atoms with E-state index < -0.39 is 42.5 Å². The fourth-order valence-corrected chi connectivity index (χ4v) is 4.04. The molecule has 182 valence electrons. The molecule has 1 heterocycles. The fraction of sp³-hybridized carbons (Fsp3) is 0.286. The lowest BCUT2D eigenvalue weighted by Crippen LogP contribution is -2.61. The molecule has 3 aromatic carbocycles. The second-order valence-corrected chi connectivity index (χ2v) is 8.30. The van der Waals surface area contributed by atoms with Gasteiger partial charge in [-0.1, -0.05) is 66.7 Å². The number of hydrogen-bond acceptors (Lipinski definition) is 7. The molecule has 1 fully saturated rings. The van der Waals surface area contributed by atoms with Gasteiger partial charge in [0.05, 0.1) is 30.4 Å². The van der Waals surface area contributed by atoms with Gasteiger partial charge in [-0.2, -0.15) is 0 Å². The second-order valence-electron chi connectivity index (χ2n) is 8.30. The van der Waals surface area contributed by atoms with Crippen molar-refractivity contribution in [1.29, 1.82) is 0 Å². The molecule has 4 rings (SSSR count). The highest BCUT2D eigenvalue weighted by Gasteiger charge is 2.49. The Balaban J connectivity index is 1.62. The van der Waals surface area contributed by atoms with Gasteiger partial charge in [0, 0.05) is 0 Å². The van der Waals surface area contributed by atoms with Gasteiger partial charge >= 0.3 is 11.9 Å². The summed E-state index contributed by atoms with van der Waals surface area (Å²) in [5.74, 6) is -1.16. The van der Waals surface area contributed by atoms with E-state index in [0.29, 0.717) is 11.1 Å². The molecule has 5 unspecified atom stereocenters. The third-order valence-corrected chi connectivity index (χ3v) is 5.84. The Hall–Kier alpha value is -3.52. The highest BCUT2D eigenvalue weighted by atomic mass is 16.6. The first kappa shape index (κ1) is 24.6. The van der Waals surface area contributed by atoms with E-state index in [-0.39, 0.29) is 13.2 Å². The lowest BCUT2D eigenvalue weighted by Gasteiger charge is -2.44. The molecule has 1 aliphatic heterocycles. The lowest BCUT2D eigenvalue weighted by atomic mass is 9.94. The molecule has 1 saturated heterocycles. The summed E-state index contributed by atoms with van der Waals surface area (Å²) in [6.07, 6.45) is -4.30. The van der Waals surface area contributed by atoms with Gasteiger partial charge in [-0.15, -0.1) is 0 Å². The molecule has 1 N–H and O–H groups in total. The Bertz CT molecular complexity index is 1090. The Morgan fingerprint density at radius 3 is 1.74 bits per heavy atom. The molecular formula is C28H28O7. The van der Waals surface area contributed by atoms with E-state index in [4.69, 9.17) is 18.9 Å². The minimum atomic E-state index is -1.01. The average molecular weight is 477 g/mol. The van der Waals surface area contributed by atoms with Gasteiger partial charge < -0.3 is 24.1 Å². The maximum atomic E-state index is 13.0. The third kappa shape index (κ3) is 6.14. The van der Waals surface area contributed by atoms with Crippen LogP contribution in [0.2, 0.25) is 0 Å². The van der Waals surface area contributed by atoms with Gasteiger partial charge in [0.15, 0.2) is 12.2 Å². The van der Waals surface area contributed by atoms with Crippen LogP contribution in [0.5, 0.6) is 0 Å². The molecule has 0 bridgehead atoms. The quantitative estimate of drug-likeness (QED) is 0.495. The Morgan fingerprint density at radius 1 is 0.743 bits per heavy atom. The zero-order valence-corrected chi connectivity index (χ0v) is 19.4. The number of aliphatic hydroxyl groups is 1. The number of carbonyl (C=O) groups excluding carboxylic acids is 2. The van der Waals surface area contributed by atoms with Crippen molar-refractivity contribution >= 4 is 11.9 Å². The second kappa shape index (κ2) is 11.8. The van der Waals surface area contributed by atoms with Crippen molar-refractivity contribution in [3.8, 4) is 0 Å². The van der Waals surface area contributed by atoms with Crippen LogP contribution in [0, 0.1) is 0 Å². The summed E-state index contributed by atoms with van der Waals surface area (Å²) in [6.45, 7) is 1.55. The summed E-state index contributed by atoms with van der Waals surface area (Å²) in [7, 11) is 0. The van der Waals surface area contributed by atoms with E-state index in [2.05, 4.69) is 0 Å². The highest BCUT2D eigenvalue weighted by molar-refractivity contribution is 5.90. The largest absolute Gasteiger partial charge is 0.452 e. The zero-order valence-electron chi connectivity index (χ0n) is 19.4. The summed E-state index contributed by atoms with van der Waals surface area (Å²) < 4.78 is 23.8. The van der Waals surface area contributed by atoms with E-state index in [9.17, 15) is 14.7 Å². The van der Waals surface area contributed by atoms with E-state index in [0.717, 1.165) is 5.56 Å². The minimum absolute atomic E-state index is 0.193. The van der Waals surface area contributed by atoms with Crippen LogP contribution in [0.1, 0.15) is 33.2 Å². The monoisotopic (exact) mass is 476 g/mol. The van der Waals surface area contributed by atoms with Gasteiger partial charge in [0.2, 0.25) is 0 Å². The maximum absolute atomic E-state index is 13.0. The molecule has 3 aromatic rings. The molecule has 0 saturated carbocycles. The van der Waals surface area contributed by atoms with Crippen molar-refractivity contribution in [2.24, 2.45) is 0 Å². The van der Waals surface area contributed by atoms with E-state index in [1.807, 2.05) is 30.3 Å². The van der Waals surface area contributed by atoms with Crippen LogP contribution in [-0.4, -0.2) is 54.2 Å². The first-order valence-corrected chi connectivity index (χ1v) is 11.5. The molecule has 7 nitrogen and oxygen atoms in total. The summed E-state index contributed by atoms with van der Waals surface area (Å²) in [5, 5.41) is 10.0. The predicted octanol–water partition coefficient (Wildman–Crippen LogP) is 3.80. The summed E-state index contributed by atoms with van der Waals surface area (Å²) >= 11 is 0. The maximum Gasteiger partial charge on any atom is 0.338 e. The van der Waals surface area contributed by atoms with Gasteiger partial charge in [0.1, 0.15) is 12.2 Å². The van der Waals surface area contributed by atoms with Gasteiger partial charge in [-0.3, -0.25) is 0 Å². The normalized spacial score (nSPS) is 23.9. The number of ether oxygens (including phenoxy) is 4. The molecular weight excluding hydrogens is 448 g/mol. The topological polar surface area (TPSA) is 91.3 Å². The zero-order chi connectivity index (χ0) is 24.6. The van der Waals surface area contributed by atoms with Crippen molar-refractivity contribution in [3.63, 3.8) is 0 Å². The van der Waals surface area contributed by atoms with E-state index >= 15 is 0 Å². The number of hydrogen-bond donors (Lipinski definition) is 1. The summed E-state index contributed by atoms with van der Waals surface area (Å²) in [6, 6.07) is 26.6. The molecule has 0 amide bonds. The summed E-state index contributed by atoms with van der Waals surface area (Å²) in [4.78, 5) is 25.9. The van der Waals surface area contributed by atoms with Crippen LogP contribution < -0.4 is 0 Å². The molecule has 35 heavy (non-hydrogen) atoms. The van der Waals surface area contributed by atoms with Crippen LogP contribution in [0.25, 0.3) is 0 Å². The number of benzene rings is 3. The van der Waals surface area contributed by atoms with Crippen molar-refractivity contribution in [3.05, 3.63) is 108 Å². The standard InChI is InChI=1S/C28H28O7/c1-19-24(34-27(30)21-13-7-3-8-14-21)26(35-28(31)22-15-9-4-10-16-22)25(23(17-29)33-19)32-18-20-11-5-2-6-12-20/h2-16,19,23-26,29H,17-18H2,1H3. The van der Waals surface area contributed by atoms with Gasteiger partial charge in [-0.25, -0.2) is 9.59 Å². The van der Waals surface area contributed by atoms with Crippen LogP contribution in [-0.2, 0) is 25.6 Å². The molecule has 5 atom stereocenters. The van der Waals surface area contributed by atoms with Gasteiger partial charge in [0.25, 0.3) is 0 Å². The van der Waals surface area contributed by atoms with Crippen molar-refractivity contribution < 1.29 is 33.6 Å². The smallest absolute Gasteiger partial charge is 0.338 e. The molecule has 1 aliphatic rings. The molecule has 0 aliphatic carbocycles. The number of esters is 2. The lowest BCUT2D eigenvalue weighted by molar-refractivity contribution is -0.239. The highest BCUT2D eigenvalue weighted by Crippen LogP contribution is 2.30. The van der Waals surface area contributed by atoms with Crippen LogP contribution in [0.15, 0.2) is 91.0 Å². The number of aliphatic hydroxyl groups excluding tert-OH is 1. The first-order chi connectivity index (χ1) is 17.1. The minimum Gasteiger partial charge on any atom is -0.452 e. The third-order valence-electron chi connectivity index (χ3n) is 5.84. The Morgan fingerprint density at radius 2 is 1.23 bits per heavy atom. The Kier molecular flexibility index (Phi) is 8.26. The van der Waals surface area contributed by atoms with Gasteiger partial charge in [-0.05, 0) is 36.8 Å². The average Bonchev–Trinajstić information content (AvgIpc) is 2.91. The number of rotatable bonds is 8. The van der Waals surface area contributed by atoms with Crippen molar-refractivity contribution in [2.45, 2.75) is 44.1 Å². The molecule has 0 aromatic heterocycles. The Labute approximate surface area is 204 Å². The number of carbonyl (C=O) groups is 2. The van der Waals surface area contributed by atoms with Crippen LogP contribution in [0.3, 0.4) is 0 Å². The SMILES string of the molecule is CC1OC(CO)C(OCc2ccccc2)C(OC(=O)c2ccccc2)C1OC(=O)c1ccccc1. The van der Waals surface area contributed by atoms with Crippen molar-refractivity contribution in [2.75, 3.05) is 6.61 Å². The van der Waals surface area contributed by atoms with Crippen LogP contribution in [0.4, 0.5) is 0 Å². The van der Waals surface area contributed by atoms with Crippen molar-refractivity contribution in [1.82, 2.24) is 0 Å². The molecule has 7 heteroatoms. The molecule has 0 spiro atoms. The first-order valence-electron chi connectivity index (χ1n) is 11.5.